The Labute approximate surface area is 172 Å². The van der Waals surface area contributed by atoms with Crippen molar-refractivity contribution in [2.75, 3.05) is 31.1 Å². The predicted octanol–water partition coefficient (Wildman–Crippen LogP) is 2.81. The van der Waals surface area contributed by atoms with E-state index < -0.39 is 10.8 Å². The Morgan fingerprint density at radius 3 is 2.20 bits per heavy atom. The van der Waals surface area contributed by atoms with E-state index in [1.807, 2.05) is 47.4 Å². The van der Waals surface area contributed by atoms with Gasteiger partial charge in [0.15, 0.2) is 0 Å². The zero-order chi connectivity index (χ0) is 21.3. The zero-order valence-electron chi connectivity index (χ0n) is 16.2. The number of fused-ring (bicyclic) bond motifs is 1. The van der Waals surface area contributed by atoms with E-state index >= 15 is 0 Å². The number of carbonyl (C=O) groups excluding carboxylic acids is 2. The maximum atomic E-state index is 12.9. The number of carbonyl (C=O) groups is 2. The van der Waals surface area contributed by atoms with Gasteiger partial charge < -0.3 is 15.5 Å². The van der Waals surface area contributed by atoms with Crippen LogP contribution in [0.2, 0.25) is 0 Å². The second-order valence-electron chi connectivity index (χ2n) is 7.17. The summed E-state index contributed by atoms with van der Waals surface area (Å²) in [5, 5.41) is 13.5. The predicted molar refractivity (Wildman–Crippen MR) is 114 cm³/mol. The Bertz CT molecular complexity index is 1150. The minimum absolute atomic E-state index is 0.0565. The third-order valence-corrected chi connectivity index (χ3v) is 5.36. The summed E-state index contributed by atoms with van der Waals surface area (Å²) in [5.41, 5.74) is 6.20. The first-order valence-electron chi connectivity index (χ1n) is 9.55. The Morgan fingerprint density at radius 1 is 0.867 bits per heavy atom. The largest absolute Gasteiger partial charge is 0.366 e. The molecule has 0 atom stereocenters. The molecule has 0 aliphatic carbocycles. The summed E-state index contributed by atoms with van der Waals surface area (Å²) >= 11 is 0. The quantitative estimate of drug-likeness (QED) is 0.531. The number of nitrogens with zero attached hydrogens (tertiary/aromatic N) is 3. The van der Waals surface area contributed by atoms with Crippen molar-refractivity contribution < 1.29 is 14.5 Å². The van der Waals surface area contributed by atoms with E-state index in [4.69, 9.17) is 5.73 Å². The van der Waals surface area contributed by atoms with Gasteiger partial charge in [-0.05, 0) is 35.0 Å². The highest BCUT2D eigenvalue weighted by atomic mass is 16.6. The first kappa shape index (κ1) is 19.4. The van der Waals surface area contributed by atoms with Gasteiger partial charge >= 0.3 is 0 Å². The van der Waals surface area contributed by atoms with Gasteiger partial charge in [0.05, 0.1) is 4.92 Å². The number of anilines is 1. The van der Waals surface area contributed by atoms with E-state index in [-0.39, 0.29) is 17.2 Å². The highest BCUT2D eigenvalue weighted by Crippen LogP contribution is 2.30. The van der Waals surface area contributed by atoms with Gasteiger partial charge in [-0.15, -0.1) is 0 Å². The summed E-state index contributed by atoms with van der Waals surface area (Å²) in [5.74, 6) is -0.769. The molecule has 152 valence electrons. The number of rotatable bonds is 4. The lowest BCUT2D eigenvalue weighted by Gasteiger charge is -2.36. The van der Waals surface area contributed by atoms with Crippen LogP contribution >= 0.6 is 0 Å². The molecule has 1 aliphatic rings. The van der Waals surface area contributed by atoms with Crippen molar-refractivity contribution in [1.29, 1.82) is 0 Å². The van der Waals surface area contributed by atoms with Crippen LogP contribution in [0.1, 0.15) is 20.7 Å². The van der Waals surface area contributed by atoms with Crippen LogP contribution in [-0.2, 0) is 0 Å². The number of piperazine rings is 1. The second-order valence-corrected chi connectivity index (χ2v) is 7.17. The molecule has 8 heteroatoms. The smallest absolute Gasteiger partial charge is 0.293 e. The van der Waals surface area contributed by atoms with Crippen LogP contribution in [0, 0.1) is 10.1 Å². The van der Waals surface area contributed by atoms with Gasteiger partial charge in [-0.25, -0.2) is 0 Å². The molecule has 0 bridgehead atoms. The van der Waals surface area contributed by atoms with Crippen LogP contribution in [0.3, 0.4) is 0 Å². The number of primary amides is 1. The molecular weight excluding hydrogens is 384 g/mol. The highest BCUT2D eigenvalue weighted by molar-refractivity contribution is 5.99. The molecule has 1 aliphatic heterocycles. The second kappa shape index (κ2) is 7.82. The molecule has 0 aromatic heterocycles. The maximum absolute atomic E-state index is 12.9. The number of nitro benzene ring substituents is 1. The third-order valence-electron chi connectivity index (χ3n) is 5.36. The lowest BCUT2D eigenvalue weighted by atomic mass is 10.1. The minimum atomic E-state index is -0.713. The number of nitro groups is 1. The van der Waals surface area contributed by atoms with Crippen molar-refractivity contribution in [2.24, 2.45) is 5.73 Å². The van der Waals surface area contributed by atoms with E-state index in [1.54, 1.807) is 11.0 Å². The molecule has 8 nitrogen and oxygen atoms in total. The van der Waals surface area contributed by atoms with Gasteiger partial charge in [0.2, 0.25) is 5.91 Å². The lowest BCUT2D eigenvalue weighted by molar-refractivity contribution is -0.384. The van der Waals surface area contributed by atoms with Crippen LogP contribution in [-0.4, -0.2) is 47.8 Å². The first-order chi connectivity index (χ1) is 14.4. The molecular formula is C22H20N4O4. The summed E-state index contributed by atoms with van der Waals surface area (Å²) in [6.45, 7) is 1.80. The molecule has 0 spiro atoms. The highest BCUT2D eigenvalue weighted by Gasteiger charge is 2.27. The van der Waals surface area contributed by atoms with Gasteiger partial charge in [0.1, 0.15) is 5.69 Å². The topological polar surface area (TPSA) is 110 Å². The van der Waals surface area contributed by atoms with Gasteiger partial charge in [-0.2, -0.15) is 0 Å². The van der Waals surface area contributed by atoms with Crippen LogP contribution in [0.25, 0.3) is 10.8 Å². The van der Waals surface area contributed by atoms with E-state index in [0.29, 0.717) is 37.4 Å². The fourth-order valence-electron chi connectivity index (χ4n) is 3.75. The van der Waals surface area contributed by atoms with Gasteiger partial charge in [0.25, 0.3) is 11.6 Å². The van der Waals surface area contributed by atoms with E-state index in [9.17, 15) is 19.7 Å². The normalized spacial score (nSPS) is 14.0. The standard InChI is InChI=1S/C22H20N4O4/c23-21(27)17-7-8-19(20(14-17)26(29)30)24-9-11-25(12-10-24)22(28)18-6-5-15-3-1-2-4-16(15)13-18/h1-8,13-14H,9-12H2,(H2,23,27). The number of amides is 2. The summed E-state index contributed by atoms with van der Waals surface area (Å²) in [6.07, 6.45) is 0. The third kappa shape index (κ3) is 3.67. The van der Waals surface area contributed by atoms with Crippen LogP contribution in [0.4, 0.5) is 11.4 Å². The summed E-state index contributed by atoms with van der Waals surface area (Å²) in [4.78, 5) is 38.8. The maximum Gasteiger partial charge on any atom is 0.293 e. The molecule has 0 unspecified atom stereocenters. The Balaban J connectivity index is 1.50. The van der Waals surface area contributed by atoms with Crippen molar-refractivity contribution >= 4 is 34.0 Å². The molecule has 3 aromatic rings. The summed E-state index contributed by atoms with van der Waals surface area (Å²) in [6, 6.07) is 17.7. The van der Waals surface area contributed by atoms with Crippen molar-refractivity contribution in [3.05, 3.63) is 81.9 Å². The molecule has 3 aromatic carbocycles. The molecule has 1 fully saturated rings. The van der Waals surface area contributed by atoms with Crippen LogP contribution in [0.5, 0.6) is 0 Å². The van der Waals surface area contributed by atoms with Crippen molar-refractivity contribution in [2.45, 2.75) is 0 Å². The molecule has 30 heavy (non-hydrogen) atoms. The number of hydrogen-bond donors (Lipinski definition) is 1. The molecule has 1 heterocycles. The zero-order valence-corrected chi connectivity index (χ0v) is 16.2. The van der Waals surface area contributed by atoms with E-state index in [2.05, 4.69) is 0 Å². The monoisotopic (exact) mass is 404 g/mol. The van der Waals surface area contributed by atoms with Crippen molar-refractivity contribution in [3.8, 4) is 0 Å². The van der Waals surface area contributed by atoms with Gasteiger partial charge in [0, 0.05) is 43.4 Å². The first-order valence-corrected chi connectivity index (χ1v) is 9.55. The fraction of sp³-hybridized carbons (Fsp3) is 0.182. The summed E-state index contributed by atoms with van der Waals surface area (Å²) in [7, 11) is 0. The average molecular weight is 404 g/mol. The Morgan fingerprint density at radius 2 is 1.53 bits per heavy atom. The average Bonchev–Trinajstić information content (AvgIpc) is 2.78. The van der Waals surface area contributed by atoms with Gasteiger partial charge in [-0.3, -0.25) is 19.7 Å². The minimum Gasteiger partial charge on any atom is -0.366 e. The molecule has 0 saturated carbocycles. The van der Waals surface area contributed by atoms with Crippen molar-refractivity contribution in [1.82, 2.24) is 4.90 Å². The van der Waals surface area contributed by atoms with Gasteiger partial charge in [-0.1, -0.05) is 30.3 Å². The molecule has 4 rings (SSSR count). The number of nitrogens with two attached hydrogens (primary N) is 1. The van der Waals surface area contributed by atoms with E-state index in [1.165, 1.54) is 12.1 Å². The Hall–Kier alpha value is -3.94. The van der Waals surface area contributed by atoms with Crippen molar-refractivity contribution in [3.63, 3.8) is 0 Å². The SMILES string of the molecule is NC(=O)c1ccc(N2CCN(C(=O)c3ccc4ccccc4c3)CC2)c([N+](=O)[O-])c1. The number of benzene rings is 3. The fourth-order valence-corrected chi connectivity index (χ4v) is 3.75. The molecule has 2 amide bonds. The summed E-state index contributed by atoms with van der Waals surface area (Å²) < 4.78 is 0. The molecule has 1 saturated heterocycles. The number of hydrogen-bond acceptors (Lipinski definition) is 5. The Kier molecular flexibility index (Phi) is 5.05. The lowest BCUT2D eigenvalue weighted by Crippen LogP contribution is -2.49. The van der Waals surface area contributed by atoms with E-state index in [0.717, 1.165) is 10.8 Å². The molecule has 2 N–H and O–H groups in total. The van der Waals surface area contributed by atoms with Crippen LogP contribution < -0.4 is 10.6 Å². The molecule has 0 radical (unpaired) electrons. The van der Waals surface area contributed by atoms with Crippen LogP contribution in [0.15, 0.2) is 60.7 Å².